The predicted octanol–water partition coefficient (Wildman–Crippen LogP) is 0.761. The largest absolute Gasteiger partial charge is 0.390 e. The van der Waals surface area contributed by atoms with Crippen molar-refractivity contribution in [3.8, 4) is 0 Å². The Bertz CT molecular complexity index is 284. The van der Waals surface area contributed by atoms with Crippen molar-refractivity contribution < 1.29 is 9.84 Å². The molecule has 0 radical (unpaired) electrons. The maximum atomic E-state index is 9.57. The number of nitrogens with zero attached hydrogens (tertiary/aromatic N) is 2. The third kappa shape index (κ3) is 2.82. The summed E-state index contributed by atoms with van der Waals surface area (Å²) in [7, 11) is 1.59. The Morgan fingerprint density at radius 3 is 2.93 bits per heavy atom. The molecule has 4 heteroatoms. The van der Waals surface area contributed by atoms with Gasteiger partial charge in [-0.15, -0.1) is 0 Å². The van der Waals surface area contributed by atoms with Crippen LogP contribution < -0.4 is 0 Å². The van der Waals surface area contributed by atoms with Crippen molar-refractivity contribution in [1.29, 1.82) is 0 Å². The summed E-state index contributed by atoms with van der Waals surface area (Å²) < 4.78 is 6.79. The van der Waals surface area contributed by atoms with Gasteiger partial charge in [0.2, 0.25) is 0 Å². The summed E-state index contributed by atoms with van der Waals surface area (Å²) >= 11 is 0. The van der Waals surface area contributed by atoms with Crippen molar-refractivity contribution >= 4 is 0 Å². The minimum absolute atomic E-state index is 0.369. The van der Waals surface area contributed by atoms with Gasteiger partial charge in [-0.3, -0.25) is 4.68 Å². The topological polar surface area (TPSA) is 47.3 Å². The van der Waals surface area contributed by atoms with E-state index < -0.39 is 6.10 Å². The van der Waals surface area contributed by atoms with E-state index in [0.29, 0.717) is 13.0 Å². The van der Waals surface area contributed by atoms with E-state index in [1.54, 1.807) is 7.11 Å². The molecule has 1 aromatic rings. The molecule has 0 aliphatic heterocycles. The molecule has 1 aromatic heterocycles. The van der Waals surface area contributed by atoms with Gasteiger partial charge >= 0.3 is 0 Å². The monoisotopic (exact) mass is 198 g/mol. The van der Waals surface area contributed by atoms with E-state index in [9.17, 15) is 5.11 Å². The molecule has 1 atom stereocenters. The van der Waals surface area contributed by atoms with E-state index in [1.165, 1.54) is 0 Å². The number of aliphatic hydroxyl groups is 1. The second-order valence-corrected chi connectivity index (χ2v) is 3.41. The molecule has 1 N–H and O–H groups in total. The van der Waals surface area contributed by atoms with E-state index in [2.05, 4.69) is 5.10 Å². The number of aliphatic hydroxyl groups excluding tert-OH is 1. The third-order valence-electron chi connectivity index (χ3n) is 2.09. The summed E-state index contributed by atoms with van der Waals surface area (Å²) in [6, 6.07) is 2.00. The van der Waals surface area contributed by atoms with Crippen molar-refractivity contribution in [2.75, 3.05) is 13.7 Å². The van der Waals surface area contributed by atoms with Crippen molar-refractivity contribution in [1.82, 2.24) is 9.78 Å². The minimum Gasteiger partial charge on any atom is -0.390 e. The number of ether oxygens (including phenoxy) is 1. The van der Waals surface area contributed by atoms with Crippen LogP contribution >= 0.6 is 0 Å². The SMILES string of the molecule is CCn1nc(C)cc1CC(O)COC. The first kappa shape index (κ1) is 11.2. The van der Waals surface area contributed by atoms with Crippen LogP contribution in [0.25, 0.3) is 0 Å². The molecule has 0 bridgehead atoms. The number of rotatable bonds is 5. The molecule has 0 aliphatic rings. The highest BCUT2D eigenvalue weighted by Crippen LogP contribution is 2.07. The van der Waals surface area contributed by atoms with Crippen LogP contribution in [-0.4, -0.2) is 34.7 Å². The molecule has 1 unspecified atom stereocenters. The number of hydrogen-bond acceptors (Lipinski definition) is 3. The highest BCUT2D eigenvalue weighted by molar-refractivity contribution is 5.09. The van der Waals surface area contributed by atoms with Crippen molar-refractivity contribution in [2.45, 2.75) is 32.9 Å². The molecule has 4 nitrogen and oxygen atoms in total. The van der Waals surface area contributed by atoms with Gasteiger partial charge in [0, 0.05) is 25.8 Å². The van der Waals surface area contributed by atoms with Gasteiger partial charge in [0.05, 0.1) is 18.4 Å². The second-order valence-electron chi connectivity index (χ2n) is 3.41. The Morgan fingerprint density at radius 1 is 1.64 bits per heavy atom. The predicted molar refractivity (Wildman–Crippen MR) is 54.2 cm³/mol. The lowest BCUT2D eigenvalue weighted by Gasteiger charge is -2.09. The lowest BCUT2D eigenvalue weighted by atomic mass is 10.2. The zero-order chi connectivity index (χ0) is 10.6. The summed E-state index contributed by atoms with van der Waals surface area (Å²) in [5.41, 5.74) is 2.06. The van der Waals surface area contributed by atoms with Gasteiger partial charge < -0.3 is 9.84 Å². The van der Waals surface area contributed by atoms with Gasteiger partial charge in [-0.05, 0) is 19.9 Å². The Labute approximate surface area is 84.5 Å². The van der Waals surface area contributed by atoms with E-state index >= 15 is 0 Å². The van der Waals surface area contributed by atoms with Crippen LogP contribution in [0.5, 0.6) is 0 Å². The highest BCUT2D eigenvalue weighted by atomic mass is 16.5. The quantitative estimate of drug-likeness (QED) is 0.760. The van der Waals surface area contributed by atoms with Crippen LogP contribution in [-0.2, 0) is 17.7 Å². The van der Waals surface area contributed by atoms with Crippen LogP contribution in [0.3, 0.4) is 0 Å². The van der Waals surface area contributed by atoms with Crippen LogP contribution in [0.15, 0.2) is 6.07 Å². The highest BCUT2D eigenvalue weighted by Gasteiger charge is 2.10. The standard InChI is InChI=1S/C10H18N2O2/c1-4-12-9(5-8(2)11-12)6-10(13)7-14-3/h5,10,13H,4,6-7H2,1-3H3. The molecule has 0 saturated carbocycles. The molecule has 80 valence electrons. The number of hydrogen-bond donors (Lipinski definition) is 1. The number of aryl methyl sites for hydroxylation is 2. The van der Waals surface area contributed by atoms with E-state index in [4.69, 9.17) is 4.74 Å². The van der Waals surface area contributed by atoms with Crippen LogP contribution in [0.1, 0.15) is 18.3 Å². The zero-order valence-corrected chi connectivity index (χ0v) is 9.03. The van der Waals surface area contributed by atoms with Crippen LogP contribution in [0, 0.1) is 6.92 Å². The van der Waals surface area contributed by atoms with E-state index in [1.807, 2.05) is 24.6 Å². The summed E-state index contributed by atoms with van der Waals surface area (Å²) in [6.45, 7) is 5.20. The Balaban J connectivity index is 2.65. The lowest BCUT2D eigenvalue weighted by Crippen LogP contribution is -2.19. The first-order valence-corrected chi connectivity index (χ1v) is 4.87. The molecule has 0 spiro atoms. The first-order valence-electron chi connectivity index (χ1n) is 4.87. The molecular formula is C10H18N2O2. The van der Waals surface area contributed by atoms with Crippen molar-refractivity contribution in [2.24, 2.45) is 0 Å². The summed E-state index contributed by atoms with van der Waals surface area (Å²) in [4.78, 5) is 0. The lowest BCUT2D eigenvalue weighted by molar-refractivity contribution is 0.0637. The second kappa shape index (κ2) is 5.12. The van der Waals surface area contributed by atoms with E-state index in [0.717, 1.165) is 17.9 Å². The molecule has 0 amide bonds. The smallest absolute Gasteiger partial charge is 0.0828 e. The first-order chi connectivity index (χ1) is 6.67. The Hall–Kier alpha value is -0.870. The molecule has 0 fully saturated rings. The minimum atomic E-state index is -0.443. The molecule has 0 aromatic carbocycles. The van der Waals surface area contributed by atoms with Gasteiger partial charge in [-0.25, -0.2) is 0 Å². The molecule has 0 aliphatic carbocycles. The van der Waals surface area contributed by atoms with Crippen molar-refractivity contribution in [3.05, 3.63) is 17.5 Å². The normalized spacial score (nSPS) is 13.1. The van der Waals surface area contributed by atoms with E-state index in [-0.39, 0.29) is 0 Å². The third-order valence-corrected chi connectivity index (χ3v) is 2.09. The number of methoxy groups -OCH3 is 1. The van der Waals surface area contributed by atoms with Gasteiger partial charge in [-0.1, -0.05) is 0 Å². The van der Waals surface area contributed by atoms with Gasteiger partial charge in [0.15, 0.2) is 0 Å². The van der Waals surface area contributed by atoms with Gasteiger partial charge in [-0.2, -0.15) is 5.10 Å². The fourth-order valence-electron chi connectivity index (χ4n) is 1.53. The van der Waals surface area contributed by atoms with Crippen LogP contribution in [0.2, 0.25) is 0 Å². The Kier molecular flexibility index (Phi) is 4.10. The van der Waals surface area contributed by atoms with Crippen molar-refractivity contribution in [3.63, 3.8) is 0 Å². The maximum absolute atomic E-state index is 9.57. The summed E-state index contributed by atoms with van der Waals surface area (Å²) in [5.74, 6) is 0. The number of aromatic nitrogens is 2. The van der Waals surface area contributed by atoms with Gasteiger partial charge in [0.1, 0.15) is 0 Å². The molecule has 1 rings (SSSR count). The molecular weight excluding hydrogens is 180 g/mol. The molecule has 0 saturated heterocycles. The zero-order valence-electron chi connectivity index (χ0n) is 9.03. The summed E-state index contributed by atoms with van der Waals surface area (Å²) in [5, 5.41) is 13.9. The van der Waals surface area contributed by atoms with Crippen LogP contribution in [0.4, 0.5) is 0 Å². The molecule has 1 heterocycles. The average molecular weight is 198 g/mol. The summed E-state index contributed by atoms with van der Waals surface area (Å²) in [6.07, 6.45) is 0.157. The average Bonchev–Trinajstić information content (AvgIpc) is 2.46. The maximum Gasteiger partial charge on any atom is 0.0828 e. The Morgan fingerprint density at radius 2 is 2.36 bits per heavy atom. The van der Waals surface area contributed by atoms with Gasteiger partial charge in [0.25, 0.3) is 0 Å². The fraction of sp³-hybridized carbons (Fsp3) is 0.700. The fourth-order valence-corrected chi connectivity index (χ4v) is 1.53. The molecule has 14 heavy (non-hydrogen) atoms.